The molecule has 1 aromatic rings. The predicted octanol–water partition coefficient (Wildman–Crippen LogP) is 3.44. The summed E-state index contributed by atoms with van der Waals surface area (Å²) >= 11 is 5.72. The Bertz CT molecular complexity index is 380. The first-order valence-electron chi connectivity index (χ1n) is 6.97. The fourth-order valence-corrected chi connectivity index (χ4v) is 2.05. The zero-order chi connectivity index (χ0) is 14.8. The normalized spacial score (nSPS) is 10.8. The van der Waals surface area contributed by atoms with Crippen molar-refractivity contribution >= 4 is 17.3 Å². The van der Waals surface area contributed by atoms with E-state index in [4.69, 9.17) is 21.1 Å². The van der Waals surface area contributed by atoms with Gasteiger partial charge in [-0.25, -0.2) is 4.39 Å². The molecule has 3 nitrogen and oxygen atoms in total. The van der Waals surface area contributed by atoms with Crippen molar-refractivity contribution in [3.05, 3.63) is 29.6 Å². The summed E-state index contributed by atoms with van der Waals surface area (Å²) in [6.45, 7) is 7.62. The number of alkyl halides is 1. The second-order valence-electron chi connectivity index (χ2n) is 4.30. The molecule has 1 aromatic carbocycles. The molecule has 5 heteroatoms. The van der Waals surface area contributed by atoms with Crippen molar-refractivity contribution < 1.29 is 13.9 Å². The maximum absolute atomic E-state index is 14.1. The molecule has 20 heavy (non-hydrogen) atoms. The van der Waals surface area contributed by atoms with E-state index in [-0.39, 0.29) is 5.82 Å². The molecule has 0 unspecified atom stereocenters. The summed E-state index contributed by atoms with van der Waals surface area (Å²) in [7, 11) is 0. The van der Waals surface area contributed by atoms with Crippen LogP contribution < -0.4 is 4.90 Å². The number of anilines is 1. The van der Waals surface area contributed by atoms with E-state index in [1.54, 1.807) is 6.07 Å². The van der Waals surface area contributed by atoms with Gasteiger partial charge in [0.25, 0.3) is 0 Å². The zero-order valence-corrected chi connectivity index (χ0v) is 13.0. The van der Waals surface area contributed by atoms with E-state index in [1.165, 1.54) is 6.07 Å². The van der Waals surface area contributed by atoms with E-state index in [1.807, 2.05) is 24.8 Å². The van der Waals surface area contributed by atoms with E-state index in [0.29, 0.717) is 51.1 Å². The topological polar surface area (TPSA) is 21.7 Å². The van der Waals surface area contributed by atoms with E-state index in [2.05, 4.69) is 0 Å². The van der Waals surface area contributed by atoms with Crippen LogP contribution in [-0.4, -0.2) is 39.5 Å². The number of benzene rings is 1. The van der Waals surface area contributed by atoms with Crippen LogP contribution in [0.5, 0.6) is 0 Å². The molecule has 0 aliphatic carbocycles. The monoisotopic (exact) mass is 303 g/mol. The van der Waals surface area contributed by atoms with Crippen LogP contribution in [0.4, 0.5) is 10.1 Å². The molecule has 1 rings (SSSR count). The van der Waals surface area contributed by atoms with Crippen molar-refractivity contribution in [1.82, 2.24) is 0 Å². The van der Waals surface area contributed by atoms with Gasteiger partial charge in [0.15, 0.2) is 0 Å². The number of hydrogen-bond donors (Lipinski definition) is 0. The smallest absolute Gasteiger partial charge is 0.146 e. The summed E-state index contributed by atoms with van der Waals surface area (Å²) < 4.78 is 24.8. The minimum Gasteiger partial charge on any atom is -0.380 e. The first-order chi connectivity index (χ1) is 9.72. The lowest BCUT2D eigenvalue weighted by molar-refractivity contribution is 0.141. The molecule has 0 saturated heterocycles. The first-order valence-corrected chi connectivity index (χ1v) is 7.51. The Morgan fingerprint density at radius 1 is 1.10 bits per heavy atom. The summed E-state index contributed by atoms with van der Waals surface area (Å²) in [5.41, 5.74) is 1.35. The standard InChI is InChI=1S/C15H23ClFNO2/c1-3-19-9-7-18(8-10-20-4-2)15-6-5-13(12-16)11-14(15)17/h5-6,11H,3-4,7-10,12H2,1-2H3. The van der Waals surface area contributed by atoms with Crippen molar-refractivity contribution in [2.24, 2.45) is 0 Å². The molecule has 0 bridgehead atoms. The Morgan fingerprint density at radius 3 is 2.15 bits per heavy atom. The predicted molar refractivity (Wildman–Crippen MR) is 81.2 cm³/mol. The van der Waals surface area contributed by atoms with Crippen LogP contribution in [0.2, 0.25) is 0 Å². The maximum atomic E-state index is 14.1. The molecular formula is C15H23ClFNO2. The van der Waals surface area contributed by atoms with E-state index < -0.39 is 0 Å². The highest BCUT2D eigenvalue weighted by molar-refractivity contribution is 6.17. The molecule has 0 spiro atoms. The minimum absolute atomic E-state index is 0.254. The molecule has 0 aliphatic heterocycles. The lowest BCUT2D eigenvalue weighted by Crippen LogP contribution is -2.31. The fraction of sp³-hybridized carbons (Fsp3) is 0.600. The molecule has 0 atom stereocenters. The minimum atomic E-state index is -0.254. The summed E-state index contributed by atoms with van der Waals surface area (Å²) in [6, 6.07) is 5.10. The fourth-order valence-electron chi connectivity index (χ4n) is 1.88. The Balaban J connectivity index is 2.73. The lowest BCUT2D eigenvalue weighted by Gasteiger charge is -2.25. The van der Waals surface area contributed by atoms with Crippen LogP contribution in [0.15, 0.2) is 18.2 Å². The molecule has 0 radical (unpaired) electrons. The Kier molecular flexibility index (Phi) is 8.58. The van der Waals surface area contributed by atoms with Crippen LogP contribution in [0, 0.1) is 5.82 Å². The molecule has 0 aromatic heterocycles. The van der Waals surface area contributed by atoms with Gasteiger partial charge in [-0.2, -0.15) is 0 Å². The van der Waals surface area contributed by atoms with E-state index in [0.717, 1.165) is 5.56 Å². The van der Waals surface area contributed by atoms with Gasteiger partial charge in [0.1, 0.15) is 5.82 Å². The largest absolute Gasteiger partial charge is 0.380 e. The zero-order valence-electron chi connectivity index (χ0n) is 12.2. The lowest BCUT2D eigenvalue weighted by atomic mass is 10.2. The second kappa shape index (κ2) is 9.97. The average molecular weight is 304 g/mol. The highest BCUT2D eigenvalue weighted by Gasteiger charge is 2.12. The van der Waals surface area contributed by atoms with Crippen molar-refractivity contribution in [3.8, 4) is 0 Å². The second-order valence-corrected chi connectivity index (χ2v) is 4.57. The molecular weight excluding hydrogens is 281 g/mol. The third-order valence-electron chi connectivity index (χ3n) is 2.93. The molecule has 0 N–H and O–H groups in total. The highest BCUT2D eigenvalue weighted by atomic mass is 35.5. The number of halogens is 2. The maximum Gasteiger partial charge on any atom is 0.146 e. The summed E-state index contributed by atoms with van der Waals surface area (Å²) in [5.74, 6) is 0.0610. The molecule has 0 heterocycles. The van der Waals surface area contributed by atoms with Crippen LogP contribution in [0.25, 0.3) is 0 Å². The average Bonchev–Trinajstić information content (AvgIpc) is 2.46. The van der Waals surface area contributed by atoms with Gasteiger partial charge >= 0.3 is 0 Å². The number of hydrogen-bond acceptors (Lipinski definition) is 3. The highest BCUT2D eigenvalue weighted by Crippen LogP contribution is 2.21. The van der Waals surface area contributed by atoms with Gasteiger partial charge in [0.2, 0.25) is 0 Å². The first kappa shape index (κ1) is 17.2. The number of nitrogens with zero attached hydrogens (tertiary/aromatic N) is 1. The van der Waals surface area contributed by atoms with Gasteiger partial charge in [0.05, 0.1) is 18.9 Å². The Morgan fingerprint density at radius 2 is 1.70 bits per heavy atom. The van der Waals surface area contributed by atoms with Gasteiger partial charge in [-0.15, -0.1) is 11.6 Å². The molecule has 0 saturated carbocycles. The van der Waals surface area contributed by atoms with Crippen LogP contribution in [0.3, 0.4) is 0 Å². The van der Waals surface area contributed by atoms with Gasteiger partial charge in [0, 0.05) is 32.2 Å². The van der Waals surface area contributed by atoms with Crippen molar-refractivity contribution in [2.45, 2.75) is 19.7 Å². The van der Waals surface area contributed by atoms with Gasteiger partial charge < -0.3 is 14.4 Å². The SMILES string of the molecule is CCOCCN(CCOCC)c1ccc(CCl)cc1F. The summed E-state index contributed by atoms with van der Waals surface area (Å²) in [4.78, 5) is 1.94. The third kappa shape index (κ3) is 5.65. The van der Waals surface area contributed by atoms with Crippen LogP contribution in [0.1, 0.15) is 19.4 Å². The summed E-state index contributed by atoms with van der Waals surface area (Å²) in [5, 5.41) is 0. The van der Waals surface area contributed by atoms with Crippen LogP contribution in [-0.2, 0) is 15.4 Å². The van der Waals surface area contributed by atoms with Crippen molar-refractivity contribution in [3.63, 3.8) is 0 Å². The van der Waals surface area contributed by atoms with Crippen molar-refractivity contribution in [2.75, 3.05) is 44.4 Å². The Labute approximate surface area is 125 Å². The quantitative estimate of drug-likeness (QED) is 0.488. The van der Waals surface area contributed by atoms with Crippen LogP contribution >= 0.6 is 11.6 Å². The van der Waals surface area contributed by atoms with Gasteiger partial charge in [-0.1, -0.05) is 6.07 Å². The van der Waals surface area contributed by atoms with Gasteiger partial charge in [-0.05, 0) is 31.5 Å². The van der Waals surface area contributed by atoms with Gasteiger partial charge in [-0.3, -0.25) is 0 Å². The molecule has 0 fully saturated rings. The molecule has 0 aliphatic rings. The number of ether oxygens (including phenoxy) is 2. The molecule has 0 amide bonds. The molecule has 114 valence electrons. The summed E-state index contributed by atoms with van der Waals surface area (Å²) in [6.07, 6.45) is 0. The van der Waals surface area contributed by atoms with Crippen molar-refractivity contribution in [1.29, 1.82) is 0 Å². The Hall–Kier alpha value is -0.840. The number of rotatable bonds is 10. The van der Waals surface area contributed by atoms with E-state index >= 15 is 0 Å². The third-order valence-corrected chi connectivity index (χ3v) is 3.24. The van der Waals surface area contributed by atoms with E-state index in [9.17, 15) is 4.39 Å².